The molecular weight excluding hydrogens is 338 g/mol. The first-order chi connectivity index (χ1) is 12.6. The molecular formula is C23H29NOS. The Balaban J connectivity index is 1.64. The van der Waals surface area contributed by atoms with Crippen molar-refractivity contribution in [1.82, 2.24) is 4.90 Å². The fourth-order valence-corrected chi connectivity index (χ4v) is 6.11. The van der Waals surface area contributed by atoms with Crippen molar-refractivity contribution in [2.45, 2.75) is 67.5 Å². The minimum atomic E-state index is -0.431. The molecule has 2 nitrogen and oxygen atoms in total. The van der Waals surface area contributed by atoms with E-state index in [1.54, 1.807) is 0 Å². The van der Waals surface area contributed by atoms with Gasteiger partial charge in [0.1, 0.15) is 6.23 Å². The molecule has 138 valence electrons. The van der Waals surface area contributed by atoms with Gasteiger partial charge >= 0.3 is 0 Å². The number of hydrogen-bond donors (Lipinski definition) is 1. The van der Waals surface area contributed by atoms with Gasteiger partial charge in [0.25, 0.3) is 0 Å². The predicted octanol–water partition coefficient (Wildman–Crippen LogP) is 5.49. The zero-order valence-electron chi connectivity index (χ0n) is 15.7. The molecule has 3 heteroatoms. The fourth-order valence-electron chi connectivity index (χ4n) is 4.83. The first kappa shape index (κ1) is 18.1. The maximum absolute atomic E-state index is 11.5. The molecule has 0 saturated carbocycles. The van der Waals surface area contributed by atoms with Gasteiger partial charge in [-0.15, -0.1) is 11.8 Å². The van der Waals surface area contributed by atoms with Crippen molar-refractivity contribution in [1.29, 1.82) is 0 Å². The molecule has 2 fully saturated rings. The van der Waals surface area contributed by atoms with Crippen LogP contribution in [0.2, 0.25) is 0 Å². The first-order valence-electron chi connectivity index (χ1n) is 9.83. The Morgan fingerprint density at radius 3 is 2.31 bits per heavy atom. The van der Waals surface area contributed by atoms with Gasteiger partial charge in [-0.3, -0.25) is 4.90 Å². The molecule has 2 aromatic carbocycles. The van der Waals surface area contributed by atoms with Gasteiger partial charge in [0.15, 0.2) is 0 Å². The highest BCUT2D eigenvalue weighted by Crippen LogP contribution is 2.51. The quantitative estimate of drug-likeness (QED) is 0.776. The second-order valence-electron chi connectivity index (χ2n) is 8.14. The van der Waals surface area contributed by atoms with Crippen LogP contribution >= 0.6 is 11.8 Å². The standard InChI is InChI=1S/C23H29NOS/c1-17-13-14-21(18-9-5-3-6-10-18)24-20(17)15-16-23(2,22(24)25)26-19-11-7-4-8-12-19/h3-12,17,20-22,25H,13-16H2,1-2H3/t17-,20+,21+,22-,23+/m0/s1. The van der Waals surface area contributed by atoms with E-state index in [0.29, 0.717) is 18.0 Å². The van der Waals surface area contributed by atoms with Crippen LogP contribution in [0.5, 0.6) is 0 Å². The van der Waals surface area contributed by atoms with Crippen molar-refractivity contribution in [3.05, 3.63) is 66.2 Å². The summed E-state index contributed by atoms with van der Waals surface area (Å²) in [6.07, 6.45) is 4.17. The van der Waals surface area contributed by atoms with Crippen LogP contribution in [0.25, 0.3) is 0 Å². The topological polar surface area (TPSA) is 23.5 Å². The molecule has 5 atom stereocenters. The van der Waals surface area contributed by atoms with E-state index >= 15 is 0 Å². The number of fused-ring (bicyclic) bond motifs is 1. The monoisotopic (exact) mass is 367 g/mol. The molecule has 0 unspecified atom stereocenters. The van der Waals surface area contributed by atoms with Gasteiger partial charge in [0, 0.05) is 17.0 Å². The minimum Gasteiger partial charge on any atom is -0.377 e. The Morgan fingerprint density at radius 2 is 1.62 bits per heavy atom. The molecule has 2 aliphatic heterocycles. The number of hydrogen-bond acceptors (Lipinski definition) is 3. The second-order valence-corrected chi connectivity index (χ2v) is 9.74. The molecule has 0 radical (unpaired) electrons. The summed E-state index contributed by atoms with van der Waals surface area (Å²) in [6.45, 7) is 4.60. The third-order valence-electron chi connectivity index (χ3n) is 6.34. The highest BCUT2D eigenvalue weighted by atomic mass is 32.2. The molecule has 0 aromatic heterocycles. The Kier molecular flexibility index (Phi) is 5.13. The third kappa shape index (κ3) is 3.33. The lowest BCUT2D eigenvalue weighted by atomic mass is 9.77. The van der Waals surface area contributed by atoms with Gasteiger partial charge in [-0.05, 0) is 56.2 Å². The molecule has 4 rings (SSSR count). The van der Waals surface area contributed by atoms with Crippen molar-refractivity contribution >= 4 is 11.8 Å². The fraction of sp³-hybridized carbons (Fsp3) is 0.478. The van der Waals surface area contributed by atoms with Crippen LogP contribution in [0.15, 0.2) is 65.6 Å². The van der Waals surface area contributed by atoms with E-state index in [2.05, 4.69) is 79.4 Å². The van der Waals surface area contributed by atoms with Crippen molar-refractivity contribution in [2.24, 2.45) is 5.92 Å². The zero-order valence-corrected chi connectivity index (χ0v) is 16.5. The maximum Gasteiger partial charge on any atom is 0.123 e. The maximum atomic E-state index is 11.5. The van der Waals surface area contributed by atoms with Crippen LogP contribution < -0.4 is 0 Å². The van der Waals surface area contributed by atoms with Crippen molar-refractivity contribution in [3.8, 4) is 0 Å². The highest BCUT2D eigenvalue weighted by molar-refractivity contribution is 8.00. The normalized spacial score (nSPS) is 35.0. The lowest BCUT2D eigenvalue weighted by Crippen LogP contribution is -2.61. The van der Waals surface area contributed by atoms with E-state index in [4.69, 9.17) is 0 Å². The average Bonchev–Trinajstić information content (AvgIpc) is 2.67. The van der Waals surface area contributed by atoms with Crippen LogP contribution in [-0.4, -0.2) is 27.0 Å². The van der Waals surface area contributed by atoms with Gasteiger partial charge in [-0.25, -0.2) is 0 Å². The second kappa shape index (κ2) is 7.38. The molecule has 2 aromatic rings. The molecule has 26 heavy (non-hydrogen) atoms. The molecule has 0 aliphatic carbocycles. The molecule has 1 N–H and O–H groups in total. The predicted molar refractivity (Wildman–Crippen MR) is 109 cm³/mol. The summed E-state index contributed by atoms with van der Waals surface area (Å²) < 4.78 is -0.179. The van der Waals surface area contributed by atoms with Crippen LogP contribution in [0, 0.1) is 5.92 Å². The molecule has 0 bridgehead atoms. The number of nitrogens with zero attached hydrogens (tertiary/aromatic N) is 1. The molecule has 0 amide bonds. The number of thioether (sulfide) groups is 1. The van der Waals surface area contributed by atoms with Gasteiger partial charge in [0.2, 0.25) is 0 Å². The Labute approximate surface area is 161 Å². The Bertz CT molecular complexity index is 722. The lowest BCUT2D eigenvalue weighted by Gasteiger charge is -2.56. The number of piperidine rings is 2. The summed E-state index contributed by atoms with van der Waals surface area (Å²) in [5.41, 5.74) is 1.34. The van der Waals surface area contributed by atoms with Crippen LogP contribution in [0.1, 0.15) is 51.1 Å². The van der Waals surface area contributed by atoms with Gasteiger partial charge < -0.3 is 5.11 Å². The number of aliphatic hydroxyl groups is 1. The van der Waals surface area contributed by atoms with E-state index in [-0.39, 0.29) is 4.75 Å². The van der Waals surface area contributed by atoms with E-state index in [9.17, 15) is 5.11 Å². The van der Waals surface area contributed by atoms with E-state index in [0.717, 1.165) is 19.3 Å². The van der Waals surface area contributed by atoms with Crippen molar-refractivity contribution in [3.63, 3.8) is 0 Å². The molecule has 2 heterocycles. The average molecular weight is 368 g/mol. The van der Waals surface area contributed by atoms with Crippen LogP contribution in [-0.2, 0) is 0 Å². The summed E-state index contributed by atoms with van der Waals surface area (Å²) in [5, 5.41) is 11.5. The zero-order chi connectivity index (χ0) is 18.1. The number of rotatable bonds is 3. The minimum absolute atomic E-state index is 0.179. The van der Waals surface area contributed by atoms with Crippen molar-refractivity contribution in [2.75, 3.05) is 0 Å². The Morgan fingerprint density at radius 1 is 0.962 bits per heavy atom. The van der Waals surface area contributed by atoms with Crippen LogP contribution in [0.4, 0.5) is 0 Å². The summed E-state index contributed by atoms with van der Waals surface area (Å²) in [6, 6.07) is 22.1. The smallest absolute Gasteiger partial charge is 0.123 e. The Hall–Kier alpha value is -1.29. The molecule has 0 spiro atoms. The lowest BCUT2D eigenvalue weighted by molar-refractivity contribution is -0.132. The number of aliphatic hydroxyl groups excluding tert-OH is 1. The summed E-state index contributed by atoms with van der Waals surface area (Å²) in [4.78, 5) is 3.69. The largest absolute Gasteiger partial charge is 0.377 e. The van der Waals surface area contributed by atoms with E-state index < -0.39 is 6.23 Å². The molecule has 2 aliphatic rings. The summed E-state index contributed by atoms with van der Waals surface area (Å²) in [7, 11) is 0. The molecule has 2 saturated heterocycles. The van der Waals surface area contributed by atoms with Crippen molar-refractivity contribution < 1.29 is 5.11 Å². The number of benzene rings is 2. The van der Waals surface area contributed by atoms with Crippen LogP contribution in [0.3, 0.4) is 0 Å². The SMILES string of the molecule is C[C@H]1CC[C@H](c2ccccc2)N2[C@@H]1CC[C@@](C)(Sc1ccccc1)[C@@H]2O. The highest BCUT2D eigenvalue weighted by Gasteiger charge is 2.50. The summed E-state index contributed by atoms with van der Waals surface area (Å²) in [5.74, 6) is 0.649. The van der Waals surface area contributed by atoms with E-state index in [1.807, 2.05) is 11.8 Å². The van der Waals surface area contributed by atoms with Gasteiger partial charge in [0.05, 0.1) is 4.75 Å². The summed E-state index contributed by atoms with van der Waals surface area (Å²) >= 11 is 1.84. The van der Waals surface area contributed by atoms with E-state index in [1.165, 1.54) is 16.9 Å². The third-order valence-corrected chi connectivity index (χ3v) is 7.73. The van der Waals surface area contributed by atoms with Gasteiger partial charge in [-0.2, -0.15) is 0 Å². The first-order valence-corrected chi connectivity index (χ1v) is 10.6. The van der Waals surface area contributed by atoms with Gasteiger partial charge in [-0.1, -0.05) is 55.5 Å².